The molecule has 1 rings (SSSR count). The van der Waals surface area contributed by atoms with Crippen molar-refractivity contribution in [2.45, 2.75) is 39.3 Å². The van der Waals surface area contributed by atoms with Gasteiger partial charge in [0.25, 0.3) is 0 Å². The van der Waals surface area contributed by atoms with Crippen molar-refractivity contribution in [1.82, 2.24) is 5.32 Å². The Kier molecular flexibility index (Phi) is 5.65. The molecule has 0 saturated heterocycles. The van der Waals surface area contributed by atoms with E-state index in [1.54, 1.807) is 0 Å². The Labute approximate surface area is 115 Å². The standard InChI is InChI=1S/C15H22N2O2/c1-5-18-13-7-6-8-14(9-13)19-11-15(4,10-16)17-12(2)3/h6-9,12,17H,5,11H2,1-4H3. The molecule has 0 amide bonds. The predicted octanol–water partition coefficient (Wildman–Crippen LogP) is 2.74. The Balaban J connectivity index is 2.64. The Hall–Kier alpha value is -1.73. The number of benzene rings is 1. The van der Waals surface area contributed by atoms with Crippen LogP contribution in [-0.2, 0) is 0 Å². The first-order valence-electron chi connectivity index (χ1n) is 6.53. The van der Waals surface area contributed by atoms with Gasteiger partial charge < -0.3 is 9.47 Å². The lowest BCUT2D eigenvalue weighted by Crippen LogP contribution is -2.49. The zero-order valence-electron chi connectivity index (χ0n) is 12.1. The van der Waals surface area contributed by atoms with E-state index in [4.69, 9.17) is 9.47 Å². The number of rotatable bonds is 7. The van der Waals surface area contributed by atoms with E-state index in [1.165, 1.54) is 0 Å². The van der Waals surface area contributed by atoms with Gasteiger partial charge in [-0.05, 0) is 39.8 Å². The van der Waals surface area contributed by atoms with E-state index in [0.29, 0.717) is 12.4 Å². The van der Waals surface area contributed by atoms with Crippen molar-refractivity contribution in [3.63, 3.8) is 0 Å². The molecule has 0 radical (unpaired) electrons. The average molecular weight is 262 g/mol. The van der Waals surface area contributed by atoms with Gasteiger partial charge in [-0.15, -0.1) is 0 Å². The lowest BCUT2D eigenvalue weighted by atomic mass is 10.1. The van der Waals surface area contributed by atoms with E-state index in [-0.39, 0.29) is 12.6 Å². The molecule has 0 aliphatic rings. The van der Waals surface area contributed by atoms with E-state index < -0.39 is 5.54 Å². The molecule has 0 aliphatic heterocycles. The summed E-state index contributed by atoms with van der Waals surface area (Å²) in [5, 5.41) is 12.4. The molecule has 1 atom stereocenters. The minimum absolute atomic E-state index is 0.225. The summed E-state index contributed by atoms with van der Waals surface area (Å²) in [5.41, 5.74) is -0.699. The summed E-state index contributed by atoms with van der Waals surface area (Å²) >= 11 is 0. The third-order valence-electron chi connectivity index (χ3n) is 2.50. The maximum atomic E-state index is 9.23. The zero-order valence-corrected chi connectivity index (χ0v) is 12.1. The predicted molar refractivity (Wildman–Crippen MR) is 75.4 cm³/mol. The quantitative estimate of drug-likeness (QED) is 0.821. The highest BCUT2D eigenvalue weighted by atomic mass is 16.5. The summed E-state index contributed by atoms with van der Waals surface area (Å²) in [4.78, 5) is 0. The van der Waals surface area contributed by atoms with Crippen molar-refractivity contribution in [3.05, 3.63) is 24.3 Å². The van der Waals surface area contributed by atoms with Crippen LogP contribution in [0.3, 0.4) is 0 Å². The van der Waals surface area contributed by atoms with Crippen LogP contribution in [0, 0.1) is 11.3 Å². The topological polar surface area (TPSA) is 54.3 Å². The lowest BCUT2D eigenvalue weighted by Gasteiger charge is -2.25. The SMILES string of the molecule is CCOc1cccc(OCC(C)(C#N)NC(C)C)c1. The molecule has 4 heteroatoms. The van der Waals surface area contributed by atoms with Gasteiger partial charge in [0.15, 0.2) is 0 Å². The average Bonchev–Trinajstić information content (AvgIpc) is 2.37. The van der Waals surface area contributed by atoms with Crippen LogP contribution < -0.4 is 14.8 Å². The second kappa shape index (κ2) is 7.01. The molecule has 1 aromatic rings. The largest absolute Gasteiger partial charge is 0.494 e. The first kappa shape index (κ1) is 15.3. The first-order valence-corrected chi connectivity index (χ1v) is 6.53. The lowest BCUT2D eigenvalue weighted by molar-refractivity contribution is 0.224. The molecule has 1 aromatic carbocycles. The maximum absolute atomic E-state index is 9.23. The summed E-state index contributed by atoms with van der Waals surface area (Å²) in [7, 11) is 0. The molecule has 0 saturated carbocycles. The van der Waals surface area contributed by atoms with Gasteiger partial charge >= 0.3 is 0 Å². The molecule has 104 valence electrons. The number of nitriles is 1. The van der Waals surface area contributed by atoms with Gasteiger partial charge in [-0.3, -0.25) is 5.32 Å². The molecule has 0 spiro atoms. The summed E-state index contributed by atoms with van der Waals surface area (Å²) < 4.78 is 11.1. The molecule has 19 heavy (non-hydrogen) atoms. The van der Waals surface area contributed by atoms with Gasteiger partial charge in [0.05, 0.1) is 12.7 Å². The minimum Gasteiger partial charge on any atom is -0.494 e. The molecule has 4 nitrogen and oxygen atoms in total. The zero-order chi connectivity index (χ0) is 14.3. The Morgan fingerprint density at radius 1 is 1.32 bits per heavy atom. The Morgan fingerprint density at radius 2 is 1.95 bits per heavy atom. The fraction of sp³-hybridized carbons (Fsp3) is 0.533. The summed E-state index contributed by atoms with van der Waals surface area (Å²) in [6.45, 7) is 8.69. The number of ether oxygens (including phenoxy) is 2. The smallest absolute Gasteiger partial charge is 0.138 e. The van der Waals surface area contributed by atoms with Crippen molar-refractivity contribution in [2.75, 3.05) is 13.2 Å². The van der Waals surface area contributed by atoms with E-state index >= 15 is 0 Å². The van der Waals surface area contributed by atoms with Gasteiger partial charge in [0, 0.05) is 12.1 Å². The molecular formula is C15H22N2O2. The minimum atomic E-state index is -0.699. The second-order valence-corrected chi connectivity index (χ2v) is 4.94. The Morgan fingerprint density at radius 3 is 2.47 bits per heavy atom. The van der Waals surface area contributed by atoms with Gasteiger partial charge in [0.2, 0.25) is 0 Å². The van der Waals surface area contributed by atoms with Crippen LogP contribution >= 0.6 is 0 Å². The van der Waals surface area contributed by atoms with Gasteiger partial charge in [-0.1, -0.05) is 6.07 Å². The van der Waals surface area contributed by atoms with Crippen molar-refractivity contribution in [3.8, 4) is 17.6 Å². The highest BCUT2D eigenvalue weighted by Gasteiger charge is 2.25. The number of hydrogen-bond acceptors (Lipinski definition) is 4. The molecule has 1 unspecified atom stereocenters. The van der Waals surface area contributed by atoms with Crippen LogP contribution in [0.4, 0.5) is 0 Å². The van der Waals surface area contributed by atoms with Gasteiger partial charge in [0.1, 0.15) is 23.6 Å². The fourth-order valence-electron chi connectivity index (χ4n) is 1.79. The van der Waals surface area contributed by atoms with Gasteiger partial charge in [-0.25, -0.2) is 0 Å². The number of nitrogens with zero attached hydrogens (tertiary/aromatic N) is 1. The third-order valence-corrected chi connectivity index (χ3v) is 2.50. The summed E-state index contributed by atoms with van der Waals surface area (Å²) in [6, 6.07) is 9.92. The third kappa shape index (κ3) is 5.19. The van der Waals surface area contributed by atoms with Crippen molar-refractivity contribution in [1.29, 1.82) is 5.26 Å². The van der Waals surface area contributed by atoms with Gasteiger partial charge in [-0.2, -0.15) is 5.26 Å². The van der Waals surface area contributed by atoms with E-state index in [1.807, 2.05) is 52.0 Å². The van der Waals surface area contributed by atoms with Crippen LogP contribution in [0.5, 0.6) is 11.5 Å². The van der Waals surface area contributed by atoms with Crippen LogP contribution in [-0.4, -0.2) is 24.8 Å². The molecule has 0 bridgehead atoms. The van der Waals surface area contributed by atoms with E-state index in [9.17, 15) is 5.26 Å². The summed E-state index contributed by atoms with van der Waals surface area (Å²) in [5.74, 6) is 1.48. The first-order chi connectivity index (χ1) is 8.99. The molecular weight excluding hydrogens is 240 g/mol. The molecule has 0 heterocycles. The Bertz CT molecular complexity index is 440. The highest BCUT2D eigenvalue weighted by Crippen LogP contribution is 2.20. The van der Waals surface area contributed by atoms with Crippen LogP contribution in [0.1, 0.15) is 27.7 Å². The van der Waals surface area contributed by atoms with E-state index in [2.05, 4.69) is 11.4 Å². The fourth-order valence-corrected chi connectivity index (χ4v) is 1.79. The van der Waals surface area contributed by atoms with Crippen molar-refractivity contribution in [2.24, 2.45) is 0 Å². The monoisotopic (exact) mass is 262 g/mol. The summed E-state index contributed by atoms with van der Waals surface area (Å²) in [6.07, 6.45) is 0. The molecule has 1 N–H and O–H groups in total. The van der Waals surface area contributed by atoms with Crippen molar-refractivity contribution >= 4 is 0 Å². The second-order valence-electron chi connectivity index (χ2n) is 4.94. The molecule has 0 fully saturated rings. The molecule has 0 aromatic heterocycles. The van der Waals surface area contributed by atoms with E-state index in [0.717, 1.165) is 5.75 Å². The van der Waals surface area contributed by atoms with Crippen LogP contribution in [0.25, 0.3) is 0 Å². The van der Waals surface area contributed by atoms with Crippen LogP contribution in [0.15, 0.2) is 24.3 Å². The number of hydrogen-bond donors (Lipinski definition) is 1. The molecule has 0 aliphatic carbocycles. The maximum Gasteiger partial charge on any atom is 0.138 e. The number of nitrogens with one attached hydrogen (secondary N) is 1. The van der Waals surface area contributed by atoms with Crippen molar-refractivity contribution < 1.29 is 9.47 Å². The van der Waals surface area contributed by atoms with Crippen LogP contribution in [0.2, 0.25) is 0 Å². The normalized spacial score (nSPS) is 13.7. The highest BCUT2D eigenvalue weighted by molar-refractivity contribution is 5.33.